The average Bonchev–Trinajstić information content (AvgIpc) is 3.23. The Kier molecular flexibility index (Phi) is 6.87. The van der Waals surface area contributed by atoms with Crippen LogP contribution in [0, 0.1) is 11.3 Å². The molecule has 1 aliphatic rings. The number of hydrogen-bond acceptors (Lipinski definition) is 8. The summed E-state index contributed by atoms with van der Waals surface area (Å²) in [6.07, 6.45) is 3.26. The van der Waals surface area contributed by atoms with E-state index in [4.69, 9.17) is 4.74 Å². The van der Waals surface area contributed by atoms with Crippen molar-refractivity contribution in [1.82, 2.24) is 15.3 Å². The van der Waals surface area contributed by atoms with E-state index >= 15 is 0 Å². The number of allylic oxidation sites excluding steroid dienone is 2. The van der Waals surface area contributed by atoms with Crippen LogP contribution in [0.1, 0.15) is 35.0 Å². The molecule has 0 unspecified atom stereocenters. The van der Waals surface area contributed by atoms with Crippen molar-refractivity contribution in [3.63, 3.8) is 0 Å². The molecule has 0 saturated heterocycles. The molecule has 0 spiro atoms. The van der Waals surface area contributed by atoms with Gasteiger partial charge in [0.25, 0.3) is 0 Å². The Morgan fingerprint density at radius 3 is 2.76 bits per heavy atom. The number of carbonyl (C=O) groups is 1. The maximum Gasteiger partial charge on any atom is 0.337 e. The van der Waals surface area contributed by atoms with Crippen molar-refractivity contribution >= 4 is 29.3 Å². The summed E-state index contributed by atoms with van der Waals surface area (Å²) in [6, 6.07) is 11.2. The van der Waals surface area contributed by atoms with E-state index in [2.05, 4.69) is 33.6 Å². The van der Waals surface area contributed by atoms with E-state index < -0.39 is 0 Å². The number of nitrogens with one attached hydrogen (secondary N) is 2. The first-order valence-electron chi connectivity index (χ1n) is 9.16. The van der Waals surface area contributed by atoms with Gasteiger partial charge in [0.1, 0.15) is 11.6 Å². The fourth-order valence-corrected chi connectivity index (χ4v) is 3.62. The van der Waals surface area contributed by atoms with E-state index in [-0.39, 0.29) is 5.97 Å². The van der Waals surface area contributed by atoms with Gasteiger partial charge >= 0.3 is 5.97 Å². The predicted octanol–water partition coefficient (Wildman–Crippen LogP) is 3.70. The van der Waals surface area contributed by atoms with Gasteiger partial charge in [-0.05, 0) is 42.0 Å². The highest BCUT2D eigenvalue weighted by Crippen LogP contribution is 2.31. The second-order valence-corrected chi connectivity index (χ2v) is 7.07. The Morgan fingerprint density at radius 2 is 2.10 bits per heavy atom. The van der Waals surface area contributed by atoms with Gasteiger partial charge in [0.05, 0.1) is 23.4 Å². The molecule has 3 rings (SSSR count). The summed E-state index contributed by atoms with van der Waals surface area (Å²) in [6.45, 7) is 2.68. The van der Waals surface area contributed by atoms with Crippen molar-refractivity contribution in [2.45, 2.75) is 19.8 Å². The Bertz CT molecular complexity index is 993. The minimum atomic E-state index is -0.349. The first-order chi connectivity index (χ1) is 14.1. The second-order valence-electron chi connectivity index (χ2n) is 6.19. The van der Waals surface area contributed by atoms with E-state index in [0.717, 1.165) is 29.1 Å². The molecule has 2 N–H and O–H groups in total. The van der Waals surface area contributed by atoms with Crippen molar-refractivity contribution < 1.29 is 9.53 Å². The highest BCUT2D eigenvalue weighted by molar-refractivity contribution is 8.06. The quantitative estimate of drug-likeness (QED) is 0.529. The molecule has 29 heavy (non-hydrogen) atoms. The molecule has 2 aromatic rings. The number of hydrogen-bond donors (Lipinski definition) is 2. The molecule has 1 aromatic carbocycles. The topological polar surface area (TPSA) is 99.9 Å². The van der Waals surface area contributed by atoms with Crippen LogP contribution in [0.5, 0.6) is 0 Å². The van der Waals surface area contributed by atoms with Crippen LogP contribution in [0.3, 0.4) is 0 Å². The summed E-state index contributed by atoms with van der Waals surface area (Å²) in [5.41, 5.74) is 3.76. The summed E-state index contributed by atoms with van der Waals surface area (Å²) < 4.78 is 4.70. The van der Waals surface area contributed by atoms with Crippen molar-refractivity contribution in [1.29, 1.82) is 5.26 Å². The Labute approximate surface area is 173 Å². The van der Waals surface area contributed by atoms with Crippen LogP contribution in [-0.2, 0) is 11.2 Å². The van der Waals surface area contributed by atoms with Gasteiger partial charge in [-0.15, -0.1) is 0 Å². The lowest BCUT2D eigenvalue weighted by atomic mass is 10.1. The monoisotopic (exact) mass is 407 g/mol. The molecule has 0 radical (unpaired) electrons. The highest BCUT2D eigenvalue weighted by atomic mass is 32.2. The molecule has 0 saturated carbocycles. The van der Waals surface area contributed by atoms with Crippen LogP contribution < -0.4 is 10.6 Å². The van der Waals surface area contributed by atoms with E-state index in [1.807, 2.05) is 17.5 Å². The molecule has 148 valence electrons. The maximum absolute atomic E-state index is 11.5. The summed E-state index contributed by atoms with van der Waals surface area (Å²) in [4.78, 5) is 20.2. The number of aromatic nitrogens is 2. The van der Waals surface area contributed by atoms with Crippen molar-refractivity contribution in [3.05, 3.63) is 69.5 Å². The molecular weight excluding hydrogens is 386 g/mol. The van der Waals surface area contributed by atoms with Crippen LogP contribution >= 0.6 is 11.8 Å². The van der Waals surface area contributed by atoms with Gasteiger partial charge in [0.2, 0.25) is 5.95 Å². The molecule has 0 aliphatic carbocycles. The number of thioether (sulfide) groups is 1. The first-order valence-corrected chi connectivity index (χ1v) is 10.0. The molecule has 1 aliphatic heterocycles. The molecule has 7 nitrogen and oxygen atoms in total. The van der Waals surface area contributed by atoms with E-state index in [9.17, 15) is 10.1 Å². The zero-order valence-corrected chi connectivity index (χ0v) is 17.0. The van der Waals surface area contributed by atoms with Gasteiger partial charge in [-0.1, -0.05) is 30.8 Å². The van der Waals surface area contributed by atoms with Crippen LogP contribution in [-0.4, -0.2) is 29.6 Å². The van der Waals surface area contributed by atoms with Gasteiger partial charge in [-0.2, -0.15) is 5.26 Å². The van der Waals surface area contributed by atoms with Crippen molar-refractivity contribution in [2.24, 2.45) is 0 Å². The van der Waals surface area contributed by atoms with Gasteiger partial charge in [0.15, 0.2) is 0 Å². The lowest BCUT2D eigenvalue weighted by Crippen LogP contribution is -2.10. The smallest absolute Gasteiger partial charge is 0.337 e. The molecule has 8 heteroatoms. The fourth-order valence-electron chi connectivity index (χ4n) is 2.68. The number of nitrogens with zero attached hydrogens (tertiary/aromatic N) is 3. The Morgan fingerprint density at radius 1 is 1.31 bits per heavy atom. The van der Waals surface area contributed by atoms with Crippen LogP contribution in [0.25, 0.3) is 5.57 Å². The predicted molar refractivity (Wildman–Crippen MR) is 114 cm³/mol. The molecule has 0 atom stereocenters. The summed E-state index contributed by atoms with van der Waals surface area (Å²) in [7, 11) is 1.36. The number of esters is 1. The minimum Gasteiger partial charge on any atom is -0.465 e. The van der Waals surface area contributed by atoms with Gasteiger partial charge in [-0.3, -0.25) is 0 Å². The Balaban J connectivity index is 1.62. The molecule has 0 bridgehead atoms. The normalized spacial score (nSPS) is 14.4. The Hall–Kier alpha value is -3.31. The summed E-state index contributed by atoms with van der Waals surface area (Å²) in [5.74, 6) is 0.118. The van der Waals surface area contributed by atoms with Gasteiger partial charge < -0.3 is 15.4 Å². The second kappa shape index (κ2) is 9.75. The van der Waals surface area contributed by atoms with Crippen molar-refractivity contribution in [3.8, 4) is 6.07 Å². The average molecular weight is 407 g/mol. The zero-order valence-electron chi connectivity index (χ0n) is 16.2. The molecule has 0 fully saturated rings. The summed E-state index contributed by atoms with van der Waals surface area (Å²) in [5, 5.41) is 18.8. The van der Waals surface area contributed by atoms with Gasteiger partial charge in [0, 0.05) is 18.4 Å². The number of carbonyl (C=O) groups excluding carboxylic acids is 1. The third kappa shape index (κ3) is 5.15. The minimum absolute atomic E-state index is 0.349. The van der Waals surface area contributed by atoms with Crippen LogP contribution in [0.15, 0.2) is 52.7 Å². The fraction of sp³-hybridized carbons (Fsp3) is 0.238. The largest absolute Gasteiger partial charge is 0.465 e. The van der Waals surface area contributed by atoms with E-state index in [1.54, 1.807) is 24.4 Å². The summed E-state index contributed by atoms with van der Waals surface area (Å²) >= 11 is 1.50. The molecule has 2 heterocycles. The van der Waals surface area contributed by atoms with Crippen LogP contribution in [0.2, 0.25) is 0 Å². The number of ether oxygens (including phenoxy) is 1. The molecular formula is C21H21N5O2S. The maximum atomic E-state index is 11.5. The van der Waals surface area contributed by atoms with Crippen molar-refractivity contribution in [2.75, 3.05) is 19.0 Å². The third-order valence-corrected chi connectivity index (χ3v) is 5.24. The SMILES string of the molecule is CCC1=CSC(=C(C#N)c2ccnc(NCCc3ccc(C(=O)OC)cc3)n2)N1. The highest BCUT2D eigenvalue weighted by Gasteiger charge is 2.16. The zero-order chi connectivity index (χ0) is 20.6. The number of methoxy groups -OCH3 is 1. The van der Waals surface area contributed by atoms with Gasteiger partial charge in [-0.25, -0.2) is 14.8 Å². The number of rotatable bonds is 7. The molecule has 0 amide bonds. The number of benzene rings is 1. The number of anilines is 1. The van der Waals surface area contributed by atoms with E-state index in [0.29, 0.717) is 29.3 Å². The number of nitriles is 1. The first kappa shape index (κ1) is 20.4. The third-order valence-electron chi connectivity index (χ3n) is 4.30. The standard InChI is InChI=1S/C21H21N5O2S/c1-3-16-13-29-19(25-16)17(12-22)18-9-11-24-21(26-18)23-10-8-14-4-6-15(7-5-14)20(27)28-2/h4-7,9,11,13,25H,3,8,10H2,1-2H3,(H,23,24,26). The lowest BCUT2D eigenvalue weighted by molar-refractivity contribution is 0.0600. The lowest BCUT2D eigenvalue weighted by Gasteiger charge is -2.08. The van der Waals surface area contributed by atoms with E-state index in [1.165, 1.54) is 18.9 Å². The van der Waals surface area contributed by atoms with Crippen LogP contribution in [0.4, 0.5) is 5.95 Å². The molecule has 1 aromatic heterocycles.